The predicted molar refractivity (Wildman–Crippen MR) is 82.2 cm³/mol. The minimum atomic E-state index is -3.15. The lowest BCUT2D eigenvalue weighted by Crippen LogP contribution is -2.47. The summed E-state index contributed by atoms with van der Waals surface area (Å²) in [5.74, 6) is 1.45. The number of anilines is 1. The summed E-state index contributed by atoms with van der Waals surface area (Å²) in [5.41, 5.74) is 1.30. The summed E-state index contributed by atoms with van der Waals surface area (Å²) in [6, 6.07) is 7.40. The fourth-order valence-corrected chi connectivity index (χ4v) is 5.36. The van der Waals surface area contributed by atoms with Crippen LogP contribution in [-0.4, -0.2) is 38.1 Å². The van der Waals surface area contributed by atoms with Gasteiger partial charge in [0, 0.05) is 34.5 Å². The maximum atomic E-state index is 11.9. The molecule has 0 aromatic heterocycles. The number of sulfone groups is 1. The van der Waals surface area contributed by atoms with Gasteiger partial charge in [-0.15, -0.1) is 0 Å². The quantitative estimate of drug-likeness (QED) is 0.809. The third-order valence-electron chi connectivity index (χ3n) is 2.92. The SMILES string of the molecule is CS(=O)(=O)C1CSCCN1c1cc(Br)cc(C#N)c1. The van der Waals surface area contributed by atoms with Crippen molar-refractivity contribution in [3.63, 3.8) is 0 Å². The Hall–Kier alpha value is -0.710. The summed E-state index contributed by atoms with van der Waals surface area (Å²) >= 11 is 5.00. The summed E-state index contributed by atoms with van der Waals surface area (Å²) in [5, 5.41) is 8.48. The van der Waals surface area contributed by atoms with Gasteiger partial charge in [-0.25, -0.2) is 8.42 Å². The molecule has 1 aromatic rings. The monoisotopic (exact) mass is 360 g/mol. The molecule has 0 aliphatic carbocycles. The lowest BCUT2D eigenvalue weighted by Gasteiger charge is -2.36. The number of rotatable bonds is 2. The van der Waals surface area contributed by atoms with Crippen LogP contribution in [0.2, 0.25) is 0 Å². The van der Waals surface area contributed by atoms with Crippen LogP contribution in [0.15, 0.2) is 22.7 Å². The standard InChI is InChI=1S/C12H13BrN2O2S2/c1-19(16,17)12-8-18-3-2-15(12)11-5-9(7-14)4-10(13)6-11/h4-6,12H,2-3,8H2,1H3. The molecule has 1 aliphatic rings. The minimum absolute atomic E-state index is 0.521. The van der Waals surface area contributed by atoms with Gasteiger partial charge in [0.05, 0.1) is 11.6 Å². The van der Waals surface area contributed by atoms with Crippen LogP contribution in [-0.2, 0) is 9.84 Å². The maximum absolute atomic E-state index is 11.9. The van der Waals surface area contributed by atoms with Gasteiger partial charge in [0.2, 0.25) is 0 Å². The molecule has 0 N–H and O–H groups in total. The molecule has 1 atom stereocenters. The molecule has 0 spiro atoms. The van der Waals surface area contributed by atoms with E-state index in [2.05, 4.69) is 22.0 Å². The summed E-state index contributed by atoms with van der Waals surface area (Å²) in [7, 11) is -3.15. The second-order valence-electron chi connectivity index (χ2n) is 4.36. The molecule has 0 bridgehead atoms. The Kier molecular flexibility index (Phi) is 4.43. The van der Waals surface area contributed by atoms with Crippen LogP contribution in [0.5, 0.6) is 0 Å². The summed E-state index contributed by atoms with van der Waals surface area (Å²) in [6.45, 7) is 0.670. The Balaban J connectivity index is 2.44. The topological polar surface area (TPSA) is 61.2 Å². The summed E-state index contributed by atoms with van der Waals surface area (Å²) in [4.78, 5) is 1.87. The molecule has 1 saturated heterocycles. The van der Waals surface area contributed by atoms with Crippen molar-refractivity contribution in [1.82, 2.24) is 0 Å². The van der Waals surface area contributed by atoms with Crippen LogP contribution in [0, 0.1) is 11.3 Å². The molecule has 1 heterocycles. The second-order valence-corrected chi connectivity index (χ2v) is 8.63. The van der Waals surface area contributed by atoms with E-state index in [-0.39, 0.29) is 0 Å². The number of nitrogens with zero attached hydrogens (tertiary/aromatic N) is 2. The van der Waals surface area contributed by atoms with E-state index in [1.807, 2.05) is 11.0 Å². The average molecular weight is 361 g/mol. The van der Waals surface area contributed by atoms with Crippen molar-refractivity contribution in [2.75, 3.05) is 29.2 Å². The van der Waals surface area contributed by atoms with Crippen molar-refractivity contribution in [2.45, 2.75) is 5.37 Å². The lowest BCUT2D eigenvalue weighted by atomic mass is 10.2. The summed E-state index contributed by atoms with van der Waals surface area (Å²) < 4.78 is 24.5. The first-order chi connectivity index (χ1) is 8.91. The average Bonchev–Trinajstić information content (AvgIpc) is 2.37. The van der Waals surface area contributed by atoms with Gasteiger partial charge >= 0.3 is 0 Å². The molecule has 102 valence electrons. The maximum Gasteiger partial charge on any atom is 0.169 e. The van der Waals surface area contributed by atoms with E-state index in [4.69, 9.17) is 5.26 Å². The third-order valence-corrected chi connectivity index (χ3v) is 6.02. The fraction of sp³-hybridized carbons (Fsp3) is 0.417. The highest BCUT2D eigenvalue weighted by Crippen LogP contribution is 2.29. The highest BCUT2D eigenvalue weighted by atomic mass is 79.9. The Bertz CT molecular complexity index is 625. The van der Waals surface area contributed by atoms with Crippen molar-refractivity contribution >= 4 is 43.2 Å². The highest BCUT2D eigenvalue weighted by molar-refractivity contribution is 9.10. The Morgan fingerprint density at radius 2 is 2.21 bits per heavy atom. The van der Waals surface area contributed by atoms with Crippen molar-refractivity contribution in [3.8, 4) is 6.07 Å². The zero-order chi connectivity index (χ0) is 14.0. The van der Waals surface area contributed by atoms with E-state index < -0.39 is 15.2 Å². The van der Waals surface area contributed by atoms with E-state index in [1.165, 1.54) is 6.26 Å². The predicted octanol–water partition coefficient (Wildman–Crippen LogP) is 2.24. The zero-order valence-corrected chi connectivity index (χ0v) is 13.6. The molecule has 7 heteroatoms. The molecule has 1 aromatic carbocycles. The van der Waals surface area contributed by atoms with E-state index in [9.17, 15) is 8.42 Å². The van der Waals surface area contributed by atoms with Gasteiger partial charge < -0.3 is 4.90 Å². The van der Waals surface area contributed by atoms with Crippen molar-refractivity contribution in [3.05, 3.63) is 28.2 Å². The Labute approximate surface area is 125 Å². The number of hydrogen-bond acceptors (Lipinski definition) is 5. The lowest BCUT2D eigenvalue weighted by molar-refractivity contribution is 0.584. The molecule has 0 amide bonds. The molecule has 4 nitrogen and oxygen atoms in total. The zero-order valence-electron chi connectivity index (χ0n) is 10.3. The molecule has 2 rings (SSSR count). The van der Waals surface area contributed by atoms with E-state index in [0.717, 1.165) is 15.9 Å². The Morgan fingerprint density at radius 1 is 1.47 bits per heavy atom. The fourth-order valence-electron chi connectivity index (χ4n) is 2.04. The molecular weight excluding hydrogens is 348 g/mol. The molecule has 19 heavy (non-hydrogen) atoms. The molecular formula is C12H13BrN2O2S2. The van der Waals surface area contributed by atoms with Crippen LogP contribution in [0.4, 0.5) is 5.69 Å². The first kappa shape index (κ1) is 14.7. The van der Waals surface area contributed by atoms with Gasteiger partial charge in [-0.2, -0.15) is 17.0 Å². The van der Waals surface area contributed by atoms with Gasteiger partial charge in [0.15, 0.2) is 9.84 Å². The van der Waals surface area contributed by atoms with E-state index in [1.54, 1.807) is 23.9 Å². The minimum Gasteiger partial charge on any atom is -0.353 e. The van der Waals surface area contributed by atoms with Gasteiger partial charge in [-0.3, -0.25) is 0 Å². The van der Waals surface area contributed by atoms with Gasteiger partial charge in [-0.05, 0) is 18.2 Å². The molecule has 0 radical (unpaired) electrons. The summed E-state index contributed by atoms with van der Waals surface area (Å²) in [6.07, 6.45) is 1.26. The Morgan fingerprint density at radius 3 is 2.84 bits per heavy atom. The van der Waals surface area contributed by atoms with Gasteiger partial charge in [0.25, 0.3) is 0 Å². The van der Waals surface area contributed by atoms with Crippen LogP contribution < -0.4 is 4.90 Å². The largest absolute Gasteiger partial charge is 0.353 e. The number of thioether (sulfide) groups is 1. The number of halogens is 1. The van der Waals surface area contributed by atoms with Crippen LogP contribution in [0.25, 0.3) is 0 Å². The molecule has 0 saturated carbocycles. The first-order valence-electron chi connectivity index (χ1n) is 5.66. The van der Waals surface area contributed by atoms with Gasteiger partial charge in [0.1, 0.15) is 5.37 Å². The van der Waals surface area contributed by atoms with Crippen molar-refractivity contribution in [2.24, 2.45) is 0 Å². The second kappa shape index (κ2) is 5.73. The number of hydrogen-bond donors (Lipinski definition) is 0. The van der Waals surface area contributed by atoms with Crippen molar-refractivity contribution in [1.29, 1.82) is 5.26 Å². The van der Waals surface area contributed by atoms with Gasteiger partial charge in [-0.1, -0.05) is 15.9 Å². The third kappa shape index (κ3) is 3.44. The first-order valence-corrected chi connectivity index (χ1v) is 9.56. The smallest absolute Gasteiger partial charge is 0.169 e. The van der Waals surface area contributed by atoms with Crippen molar-refractivity contribution < 1.29 is 8.42 Å². The van der Waals surface area contributed by atoms with Crippen LogP contribution in [0.1, 0.15) is 5.56 Å². The number of benzene rings is 1. The van der Waals surface area contributed by atoms with E-state index >= 15 is 0 Å². The molecule has 1 unspecified atom stereocenters. The number of nitriles is 1. The van der Waals surface area contributed by atoms with E-state index in [0.29, 0.717) is 17.9 Å². The normalized spacial score (nSPS) is 20.1. The molecule has 1 aliphatic heterocycles. The highest BCUT2D eigenvalue weighted by Gasteiger charge is 2.31. The van der Waals surface area contributed by atoms with Crippen LogP contribution >= 0.6 is 27.7 Å². The van der Waals surface area contributed by atoms with Crippen LogP contribution in [0.3, 0.4) is 0 Å². The molecule has 1 fully saturated rings.